The van der Waals surface area contributed by atoms with Crippen LogP contribution in [0.1, 0.15) is 36.2 Å². The Morgan fingerprint density at radius 2 is 1.73 bits per heavy atom. The fraction of sp³-hybridized carbons (Fsp3) is 0.438. The van der Waals surface area contributed by atoms with Gasteiger partial charge in [-0.2, -0.15) is 0 Å². The minimum atomic E-state index is -0.680. The van der Waals surface area contributed by atoms with Crippen LogP contribution in [0.15, 0.2) is 48.8 Å². The molecule has 3 aliphatic rings. The molecule has 2 aromatic heterocycles. The van der Waals surface area contributed by atoms with Crippen LogP contribution in [0, 0.1) is 0 Å². The first-order valence-electron chi connectivity index (χ1n) is 15.5. The number of para-hydroxylation sites is 1. The summed E-state index contributed by atoms with van der Waals surface area (Å²) in [7, 11) is 2.20. The van der Waals surface area contributed by atoms with E-state index in [9.17, 15) is 9.90 Å². The van der Waals surface area contributed by atoms with Gasteiger partial charge < -0.3 is 36.3 Å². The van der Waals surface area contributed by atoms with Crippen molar-refractivity contribution in [3.8, 4) is 11.3 Å². The van der Waals surface area contributed by atoms with E-state index in [4.69, 9.17) is 15.7 Å². The summed E-state index contributed by atoms with van der Waals surface area (Å²) in [5.41, 5.74) is 10.6. The van der Waals surface area contributed by atoms with E-state index in [1.807, 2.05) is 30.3 Å². The van der Waals surface area contributed by atoms with Crippen molar-refractivity contribution in [1.29, 1.82) is 0 Å². The Morgan fingerprint density at radius 1 is 0.977 bits per heavy atom. The number of aliphatic hydroxyl groups excluding tert-OH is 1. The predicted octanol–water partition coefficient (Wildman–Crippen LogP) is 3.01. The molecule has 0 atom stereocenters. The Bertz CT molecular complexity index is 1620. The standard InChI is InChI=1S/C32H40N10O2/c1-40-13-15-42(16-14-40)23-9-11-41(12-10-23)22-7-5-20(6-8-22)36-32-29(30(33)44)38-28(31(39-32)37-21-17-24(43)18-21)25-3-2-4-26-27(25)35-19-34-26/h2-8,19,21,23-24,43H,9-18H2,1H3,(H2,33,44)(H,34,35)(H2,36,37,39). The van der Waals surface area contributed by atoms with E-state index in [0.717, 1.165) is 61.6 Å². The highest BCUT2D eigenvalue weighted by atomic mass is 16.3. The lowest BCUT2D eigenvalue weighted by Crippen LogP contribution is -2.52. The molecule has 6 N–H and O–H groups in total. The maximum atomic E-state index is 12.7. The maximum Gasteiger partial charge on any atom is 0.271 e. The summed E-state index contributed by atoms with van der Waals surface area (Å²) in [6, 6.07) is 14.7. The van der Waals surface area contributed by atoms with E-state index >= 15 is 0 Å². The number of nitrogens with two attached hydrogens (primary N) is 1. The number of aliphatic hydroxyl groups is 1. The van der Waals surface area contributed by atoms with Crippen molar-refractivity contribution in [2.45, 2.75) is 43.9 Å². The zero-order valence-electron chi connectivity index (χ0n) is 25.0. The summed E-state index contributed by atoms with van der Waals surface area (Å²) in [4.78, 5) is 37.4. The monoisotopic (exact) mass is 596 g/mol. The van der Waals surface area contributed by atoms with Gasteiger partial charge >= 0.3 is 0 Å². The molecule has 2 saturated heterocycles. The van der Waals surface area contributed by atoms with Crippen molar-refractivity contribution in [3.63, 3.8) is 0 Å². The predicted molar refractivity (Wildman–Crippen MR) is 172 cm³/mol. The molecule has 0 bridgehead atoms. The lowest BCUT2D eigenvalue weighted by atomic mass is 9.89. The van der Waals surface area contributed by atoms with Crippen LogP contribution in [-0.2, 0) is 0 Å². The molecule has 230 valence electrons. The number of H-pyrrole nitrogens is 1. The van der Waals surface area contributed by atoms with Crippen LogP contribution in [0.5, 0.6) is 0 Å². The highest BCUT2D eigenvalue weighted by molar-refractivity contribution is 5.99. The maximum absolute atomic E-state index is 12.7. The zero-order valence-corrected chi connectivity index (χ0v) is 25.0. The van der Waals surface area contributed by atoms with Gasteiger partial charge in [-0.3, -0.25) is 9.69 Å². The number of carbonyl (C=O) groups excluding carboxylic acids is 1. The molecule has 1 saturated carbocycles. The van der Waals surface area contributed by atoms with Crippen molar-refractivity contribution >= 4 is 40.0 Å². The Morgan fingerprint density at radius 3 is 2.43 bits per heavy atom. The van der Waals surface area contributed by atoms with Crippen molar-refractivity contribution in [2.75, 3.05) is 61.8 Å². The number of carbonyl (C=O) groups is 1. The topological polar surface area (TPSA) is 152 Å². The second-order valence-corrected chi connectivity index (χ2v) is 12.3. The zero-order chi connectivity index (χ0) is 30.2. The van der Waals surface area contributed by atoms with Gasteiger partial charge in [0, 0.05) is 68.3 Å². The van der Waals surface area contributed by atoms with Crippen molar-refractivity contribution in [1.82, 2.24) is 29.7 Å². The van der Waals surface area contributed by atoms with Gasteiger partial charge in [-0.15, -0.1) is 0 Å². The molecule has 1 aliphatic carbocycles. The van der Waals surface area contributed by atoms with Crippen LogP contribution in [-0.4, -0.2) is 105 Å². The van der Waals surface area contributed by atoms with Gasteiger partial charge in [0.25, 0.3) is 5.91 Å². The second-order valence-electron chi connectivity index (χ2n) is 12.3. The normalized spacial score (nSPS) is 21.7. The summed E-state index contributed by atoms with van der Waals surface area (Å²) in [5, 5.41) is 16.6. The first kappa shape index (κ1) is 28.5. The van der Waals surface area contributed by atoms with Crippen LogP contribution >= 0.6 is 0 Å². The average molecular weight is 597 g/mol. The third-order valence-corrected chi connectivity index (χ3v) is 9.30. The number of fused-ring (bicyclic) bond motifs is 1. The molecule has 12 nitrogen and oxygen atoms in total. The Balaban J connectivity index is 1.11. The van der Waals surface area contributed by atoms with Crippen LogP contribution in [0.2, 0.25) is 0 Å². The first-order chi connectivity index (χ1) is 21.4. The molecule has 0 spiro atoms. The lowest BCUT2D eigenvalue weighted by molar-refractivity contribution is 0.0835. The van der Waals surface area contributed by atoms with E-state index in [2.05, 4.69) is 54.5 Å². The molecule has 12 heteroatoms. The molecule has 44 heavy (non-hydrogen) atoms. The third-order valence-electron chi connectivity index (χ3n) is 9.30. The molecule has 2 aromatic carbocycles. The SMILES string of the molecule is CN1CCN(C2CCN(c3ccc(Nc4nc(NC5CC(O)C5)c(-c5cccc6[nH]cnc56)nc4C(N)=O)cc3)CC2)CC1. The number of piperazine rings is 1. The number of aromatic amines is 1. The molecule has 0 unspecified atom stereocenters. The van der Waals surface area contributed by atoms with Crippen LogP contribution in [0.3, 0.4) is 0 Å². The number of anilines is 4. The Labute approximate surface area is 256 Å². The van der Waals surface area contributed by atoms with Crippen LogP contribution in [0.4, 0.5) is 23.0 Å². The van der Waals surface area contributed by atoms with Crippen molar-refractivity contribution < 1.29 is 9.90 Å². The molecule has 1 amide bonds. The minimum absolute atomic E-state index is 0.0433. The number of amides is 1. The summed E-state index contributed by atoms with van der Waals surface area (Å²) >= 11 is 0. The smallest absolute Gasteiger partial charge is 0.271 e. The summed E-state index contributed by atoms with van der Waals surface area (Å²) < 4.78 is 0. The van der Waals surface area contributed by atoms with Gasteiger partial charge in [-0.1, -0.05) is 12.1 Å². The number of hydrogen-bond donors (Lipinski definition) is 5. The first-order valence-corrected chi connectivity index (χ1v) is 15.5. The third kappa shape index (κ3) is 5.80. The lowest BCUT2D eigenvalue weighted by Gasteiger charge is -2.42. The van der Waals surface area contributed by atoms with Crippen molar-refractivity contribution in [2.24, 2.45) is 5.73 Å². The summed E-state index contributed by atoms with van der Waals surface area (Å²) in [6.07, 6.45) is 4.86. The van der Waals surface area contributed by atoms with Gasteiger partial charge in [-0.05, 0) is 63.1 Å². The number of nitrogens with one attached hydrogen (secondary N) is 3. The average Bonchev–Trinajstić information content (AvgIpc) is 3.51. The van der Waals surface area contributed by atoms with Crippen molar-refractivity contribution in [3.05, 3.63) is 54.5 Å². The van der Waals surface area contributed by atoms with E-state index in [0.29, 0.717) is 30.4 Å². The fourth-order valence-corrected chi connectivity index (χ4v) is 6.61. The highest BCUT2D eigenvalue weighted by Gasteiger charge is 2.30. The number of nitrogens with zero attached hydrogens (tertiary/aromatic N) is 6. The molecule has 4 aromatic rings. The molecule has 0 radical (unpaired) electrons. The molecular weight excluding hydrogens is 556 g/mol. The van der Waals surface area contributed by atoms with E-state index < -0.39 is 5.91 Å². The number of piperidine rings is 1. The Kier molecular flexibility index (Phi) is 7.79. The number of benzene rings is 2. The highest BCUT2D eigenvalue weighted by Crippen LogP contribution is 2.35. The number of hydrogen-bond acceptors (Lipinski definition) is 10. The number of primary amides is 1. The minimum Gasteiger partial charge on any atom is -0.393 e. The van der Waals surface area contributed by atoms with E-state index in [1.54, 1.807) is 6.33 Å². The number of aromatic nitrogens is 4. The molecule has 4 heterocycles. The van der Waals surface area contributed by atoms with E-state index in [-0.39, 0.29) is 23.7 Å². The number of imidazole rings is 1. The van der Waals surface area contributed by atoms with Crippen LogP contribution < -0.4 is 21.3 Å². The number of likely N-dealkylation sites (N-methyl/N-ethyl adjacent to an activating group) is 1. The largest absolute Gasteiger partial charge is 0.393 e. The Hall–Kier alpha value is -4.26. The van der Waals surface area contributed by atoms with Crippen LogP contribution in [0.25, 0.3) is 22.3 Å². The molecule has 2 aliphatic heterocycles. The summed E-state index contributed by atoms with van der Waals surface area (Å²) in [5.74, 6) is 0.101. The van der Waals surface area contributed by atoms with Gasteiger partial charge in [0.1, 0.15) is 5.69 Å². The fourth-order valence-electron chi connectivity index (χ4n) is 6.61. The second kappa shape index (κ2) is 12.0. The van der Waals surface area contributed by atoms with E-state index in [1.165, 1.54) is 18.5 Å². The van der Waals surface area contributed by atoms with Gasteiger partial charge in [0.05, 0.1) is 23.5 Å². The van der Waals surface area contributed by atoms with Gasteiger partial charge in [0.15, 0.2) is 17.3 Å². The van der Waals surface area contributed by atoms with Gasteiger partial charge in [-0.25, -0.2) is 15.0 Å². The molecule has 3 fully saturated rings. The quantitative estimate of drug-likeness (QED) is 0.205. The number of rotatable bonds is 8. The van der Waals surface area contributed by atoms with Gasteiger partial charge in [0.2, 0.25) is 0 Å². The summed E-state index contributed by atoms with van der Waals surface area (Å²) in [6.45, 7) is 6.71. The molecular formula is C32H40N10O2. The molecule has 7 rings (SSSR count).